The number of piperazine rings is 1. The summed E-state index contributed by atoms with van der Waals surface area (Å²) in [6.07, 6.45) is 0. The Kier molecular flexibility index (Phi) is 3.09. The third-order valence-electron chi connectivity index (χ3n) is 2.93. The molecule has 2 atom stereocenters. The van der Waals surface area contributed by atoms with Crippen molar-refractivity contribution >= 4 is 0 Å². The fourth-order valence-corrected chi connectivity index (χ4v) is 2.00. The van der Waals surface area contributed by atoms with Gasteiger partial charge in [0, 0.05) is 25.7 Å². The van der Waals surface area contributed by atoms with Gasteiger partial charge in [-0.3, -0.25) is 0 Å². The van der Waals surface area contributed by atoms with Gasteiger partial charge in [0.15, 0.2) is 0 Å². The maximum Gasteiger partial charge on any atom is 0.122 e. The van der Waals surface area contributed by atoms with Gasteiger partial charge in [0.05, 0.1) is 6.04 Å². The molecule has 0 bridgehead atoms. The second-order valence-corrected chi connectivity index (χ2v) is 4.30. The van der Waals surface area contributed by atoms with Crippen LogP contribution in [0.25, 0.3) is 0 Å². The van der Waals surface area contributed by atoms with Crippen molar-refractivity contribution < 1.29 is 4.42 Å². The van der Waals surface area contributed by atoms with E-state index >= 15 is 0 Å². The van der Waals surface area contributed by atoms with Crippen LogP contribution < -0.4 is 11.1 Å². The lowest BCUT2D eigenvalue weighted by Crippen LogP contribution is -2.53. The first-order valence-corrected chi connectivity index (χ1v) is 5.40. The van der Waals surface area contributed by atoms with Gasteiger partial charge in [-0.25, -0.2) is 0 Å². The molecule has 0 aliphatic carbocycles. The van der Waals surface area contributed by atoms with Gasteiger partial charge in [0.25, 0.3) is 0 Å². The van der Waals surface area contributed by atoms with Gasteiger partial charge in [0.2, 0.25) is 0 Å². The Morgan fingerprint density at radius 1 is 1.60 bits per heavy atom. The number of nitrogens with zero attached hydrogens (tertiary/aromatic N) is 1. The van der Waals surface area contributed by atoms with Crippen LogP contribution in [-0.4, -0.2) is 37.6 Å². The number of furan rings is 1. The molecule has 0 aromatic carbocycles. The molecule has 1 aliphatic heterocycles. The van der Waals surface area contributed by atoms with Crippen molar-refractivity contribution in [3.8, 4) is 0 Å². The molecule has 4 heteroatoms. The average molecular weight is 209 g/mol. The van der Waals surface area contributed by atoms with E-state index in [9.17, 15) is 0 Å². The molecule has 1 aromatic heterocycles. The quantitative estimate of drug-likeness (QED) is 0.744. The summed E-state index contributed by atoms with van der Waals surface area (Å²) in [4.78, 5) is 2.29. The SMILES string of the molecule is Cc1ccc(C(N)C2CN(C)CCN2)o1. The summed E-state index contributed by atoms with van der Waals surface area (Å²) in [5, 5.41) is 3.43. The van der Waals surface area contributed by atoms with Gasteiger partial charge in [-0.1, -0.05) is 0 Å². The Morgan fingerprint density at radius 3 is 3.00 bits per heavy atom. The predicted octanol–water partition coefficient (Wildman–Crippen LogP) is 0.491. The van der Waals surface area contributed by atoms with Crippen LogP contribution in [0.15, 0.2) is 16.5 Å². The highest BCUT2D eigenvalue weighted by Gasteiger charge is 2.25. The Morgan fingerprint density at radius 2 is 2.40 bits per heavy atom. The van der Waals surface area contributed by atoms with Gasteiger partial charge >= 0.3 is 0 Å². The smallest absolute Gasteiger partial charge is 0.122 e. The first-order chi connectivity index (χ1) is 7.16. The summed E-state index contributed by atoms with van der Waals surface area (Å²) < 4.78 is 5.55. The standard InChI is InChI=1S/C11H19N3O/c1-8-3-4-10(15-8)11(12)9-7-14(2)6-5-13-9/h3-4,9,11,13H,5-7,12H2,1-2H3. The van der Waals surface area contributed by atoms with E-state index in [1.807, 2.05) is 19.1 Å². The van der Waals surface area contributed by atoms with E-state index in [4.69, 9.17) is 10.2 Å². The minimum Gasteiger partial charge on any atom is -0.465 e. The van der Waals surface area contributed by atoms with Crippen molar-refractivity contribution in [2.45, 2.75) is 19.0 Å². The summed E-state index contributed by atoms with van der Waals surface area (Å²) in [6.45, 7) is 4.99. The van der Waals surface area contributed by atoms with E-state index in [0.717, 1.165) is 31.2 Å². The lowest BCUT2D eigenvalue weighted by atomic mass is 10.0. The normalized spacial score (nSPS) is 25.4. The molecule has 1 saturated heterocycles. The van der Waals surface area contributed by atoms with Gasteiger partial charge in [0.1, 0.15) is 11.5 Å². The molecule has 0 saturated carbocycles. The van der Waals surface area contributed by atoms with Crippen molar-refractivity contribution in [2.75, 3.05) is 26.7 Å². The molecule has 2 heterocycles. The zero-order valence-corrected chi connectivity index (χ0v) is 9.36. The van der Waals surface area contributed by atoms with Crippen molar-refractivity contribution in [1.82, 2.24) is 10.2 Å². The van der Waals surface area contributed by atoms with Crippen molar-refractivity contribution in [3.05, 3.63) is 23.7 Å². The molecule has 0 amide bonds. The maximum absolute atomic E-state index is 6.16. The maximum atomic E-state index is 6.16. The number of nitrogens with two attached hydrogens (primary N) is 1. The van der Waals surface area contributed by atoms with Gasteiger partial charge in [-0.2, -0.15) is 0 Å². The molecule has 1 aliphatic rings. The number of hydrogen-bond donors (Lipinski definition) is 2. The summed E-state index contributed by atoms with van der Waals surface area (Å²) in [6, 6.07) is 4.16. The van der Waals surface area contributed by atoms with Gasteiger partial charge in [-0.15, -0.1) is 0 Å². The van der Waals surface area contributed by atoms with Crippen LogP contribution in [0, 0.1) is 6.92 Å². The topological polar surface area (TPSA) is 54.4 Å². The van der Waals surface area contributed by atoms with Crippen LogP contribution in [0.5, 0.6) is 0 Å². The van der Waals surface area contributed by atoms with E-state index in [-0.39, 0.29) is 12.1 Å². The fourth-order valence-electron chi connectivity index (χ4n) is 2.00. The zero-order chi connectivity index (χ0) is 10.8. The summed E-state index contributed by atoms with van der Waals surface area (Å²) in [5.41, 5.74) is 6.16. The van der Waals surface area contributed by atoms with E-state index in [0.29, 0.717) is 0 Å². The first-order valence-electron chi connectivity index (χ1n) is 5.40. The molecule has 2 unspecified atom stereocenters. The molecule has 0 radical (unpaired) electrons. The molecule has 1 aromatic rings. The van der Waals surface area contributed by atoms with Crippen LogP contribution in [0.4, 0.5) is 0 Å². The highest BCUT2D eigenvalue weighted by atomic mass is 16.3. The van der Waals surface area contributed by atoms with Crippen molar-refractivity contribution in [2.24, 2.45) is 5.73 Å². The second kappa shape index (κ2) is 4.35. The summed E-state index contributed by atoms with van der Waals surface area (Å²) in [5.74, 6) is 1.80. The Balaban J connectivity index is 2.03. The molecular formula is C11H19N3O. The largest absolute Gasteiger partial charge is 0.465 e. The number of nitrogens with one attached hydrogen (secondary N) is 1. The van der Waals surface area contributed by atoms with E-state index in [1.165, 1.54) is 0 Å². The predicted molar refractivity (Wildman–Crippen MR) is 59.7 cm³/mol. The molecular weight excluding hydrogens is 190 g/mol. The minimum atomic E-state index is -0.0542. The molecule has 1 fully saturated rings. The molecule has 0 spiro atoms. The van der Waals surface area contributed by atoms with Crippen LogP contribution >= 0.6 is 0 Å². The van der Waals surface area contributed by atoms with Crippen LogP contribution in [0.3, 0.4) is 0 Å². The number of aryl methyl sites for hydroxylation is 1. The highest BCUT2D eigenvalue weighted by Crippen LogP contribution is 2.18. The molecule has 4 nitrogen and oxygen atoms in total. The minimum absolute atomic E-state index is 0.0542. The lowest BCUT2D eigenvalue weighted by Gasteiger charge is -2.33. The fraction of sp³-hybridized carbons (Fsp3) is 0.636. The van der Waals surface area contributed by atoms with E-state index in [1.54, 1.807) is 0 Å². The van der Waals surface area contributed by atoms with Gasteiger partial charge in [-0.05, 0) is 26.1 Å². The molecule has 84 valence electrons. The van der Waals surface area contributed by atoms with Crippen LogP contribution in [-0.2, 0) is 0 Å². The molecule has 3 N–H and O–H groups in total. The van der Waals surface area contributed by atoms with Crippen LogP contribution in [0.2, 0.25) is 0 Å². The Labute approximate surface area is 90.4 Å². The summed E-state index contributed by atoms with van der Waals surface area (Å²) in [7, 11) is 2.12. The van der Waals surface area contributed by atoms with Crippen molar-refractivity contribution in [3.63, 3.8) is 0 Å². The second-order valence-electron chi connectivity index (χ2n) is 4.30. The number of likely N-dealkylation sites (N-methyl/N-ethyl adjacent to an activating group) is 1. The van der Waals surface area contributed by atoms with E-state index in [2.05, 4.69) is 17.3 Å². The zero-order valence-electron chi connectivity index (χ0n) is 9.36. The van der Waals surface area contributed by atoms with E-state index < -0.39 is 0 Å². The lowest BCUT2D eigenvalue weighted by molar-refractivity contribution is 0.210. The Bertz CT molecular complexity index is 323. The third kappa shape index (κ3) is 2.40. The number of rotatable bonds is 2. The Hall–Kier alpha value is -0.840. The third-order valence-corrected chi connectivity index (χ3v) is 2.93. The molecule has 15 heavy (non-hydrogen) atoms. The van der Waals surface area contributed by atoms with Gasteiger partial charge < -0.3 is 20.4 Å². The molecule has 2 rings (SSSR count). The average Bonchev–Trinajstić information content (AvgIpc) is 2.64. The highest BCUT2D eigenvalue weighted by molar-refractivity contribution is 5.12. The first kappa shape index (κ1) is 10.7. The number of hydrogen-bond acceptors (Lipinski definition) is 4. The summed E-state index contributed by atoms with van der Waals surface area (Å²) >= 11 is 0. The monoisotopic (exact) mass is 209 g/mol. The van der Waals surface area contributed by atoms with Crippen LogP contribution in [0.1, 0.15) is 17.6 Å². The van der Waals surface area contributed by atoms with Crippen molar-refractivity contribution in [1.29, 1.82) is 0 Å².